The van der Waals surface area contributed by atoms with Crippen LogP contribution in [0.25, 0.3) is 0 Å². The van der Waals surface area contributed by atoms with Crippen LogP contribution in [0, 0.1) is 17.6 Å². The number of rotatable bonds is 7. The van der Waals surface area contributed by atoms with E-state index in [0.717, 1.165) is 31.5 Å². The zero-order valence-electron chi connectivity index (χ0n) is 15.3. The molecule has 2 N–H and O–H groups in total. The first-order valence-electron chi connectivity index (χ1n) is 9.23. The van der Waals surface area contributed by atoms with Crippen molar-refractivity contribution in [2.75, 3.05) is 39.8 Å². The lowest BCUT2D eigenvalue weighted by Gasteiger charge is -2.31. The van der Waals surface area contributed by atoms with Gasteiger partial charge in [0.1, 0.15) is 11.6 Å². The van der Waals surface area contributed by atoms with E-state index in [-0.39, 0.29) is 5.82 Å². The van der Waals surface area contributed by atoms with E-state index in [1.807, 2.05) is 0 Å². The van der Waals surface area contributed by atoms with Crippen molar-refractivity contribution in [2.24, 2.45) is 10.9 Å². The molecule has 2 rings (SSSR count). The van der Waals surface area contributed by atoms with E-state index in [1.165, 1.54) is 38.1 Å². The fourth-order valence-electron chi connectivity index (χ4n) is 3.26. The van der Waals surface area contributed by atoms with E-state index in [4.69, 9.17) is 0 Å². The summed E-state index contributed by atoms with van der Waals surface area (Å²) in [6.07, 6.45) is 4.08. The minimum Gasteiger partial charge on any atom is -0.356 e. The standard InChI is InChI=1S/C19H30F2N4/c1-3-25-12-8-15(9-13-25)6-10-23-19(22-2)24-11-7-16-14-17(20)4-5-18(16)21/h4-5,14-15H,3,6-13H2,1-2H3,(H2,22,23,24). The molecule has 1 aromatic rings. The molecule has 0 radical (unpaired) electrons. The van der Waals surface area contributed by atoms with Crippen molar-refractivity contribution in [1.82, 2.24) is 15.5 Å². The van der Waals surface area contributed by atoms with Gasteiger partial charge in [-0.25, -0.2) is 8.78 Å². The summed E-state index contributed by atoms with van der Waals surface area (Å²) in [6, 6.07) is 3.55. The zero-order chi connectivity index (χ0) is 18.1. The molecule has 0 atom stereocenters. The Morgan fingerprint density at radius 3 is 2.60 bits per heavy atom. The summed E-state index contributed by atoms with van der Waals surface area (Å²) in [5.74, 6) is 0.704. The van der Waals surface area contributed by atoms with Gasteiger partial charge in [-0.3, -0.25) is 4.99 Å². The molecule has 1 heterocycles. The number of piperidine rings is 1. The highest BCUT2D eigenvalue weighted by Crippen LogP contribution is 2.19. The molecule has 0 unspecified atom stereocenters. The highest BCUT2D eigenvalue weighted by molar-refractivity contribution is 5.79. The van der Waals surface area contributed by atoms with Gasteiger partial charge in [-0.2, -0.15) is 0 Å². The number of hydrogen-bond acceptors (Lipinski definition) is 2. The summed E-state index contributed by atoms with van der Waals surface area (Å²) >= 11 is 0. The minimum atomic E-state index is -0.409. The van der Waals surface area contributed by atoms with Crippen LogP contribution in [-0.4, -0.2) is 50.6 Å². The van der Waals surface area contributed by atoms with Crippen LogP contribution in [0.3, 0.4) is 0 Å². The lowest BCUT2D eigenvalue weighted by Crippen LogP contribution is -2.40. The first kappa shape index (κ1) is 19.6. The Labute approximate surface area is 149 Å². The van der Waals surface area contributed by atoms with Crippen LogP contribution in [0.1, 0.15) is 31.7 Å². The topological polar surface area (TPSA) is 39.7 Å². The van der Waals surface area contributed by atoms with Crippen molar-refractivity contribution < 1.29 is 8.78 Å². The second kappa shape index (κ2) is 10.3. The van der Waals surface area contributed by atoms with Crippen LogP contribution < -0.4 is 10.6 Å². The van der Waals surface area contributed by atoms with Gasteiger partial charge in [0.15, 0.2) is 5.96 Å². The van der Waals surface area contributed by atoms with Gasteiger partial charge in [0.05, 0.1) is 0 Å². The van der Waals surface area contributed by atoms with Crippen LogP contribution in [-0.2, 0) is 6.42 Å². The first-order valence-corrected chi connectivity index (χ1v) is 9.23. The Morgan fingerprint density at radius 1 is 1.20 bits per heavy atom. The maximum atomic E-state index is 13.6. The van der Waals surface area contributed by atoms with E-state index >= 15 is 0 Å². The molecular formula is C19H30F2N4. The maximum absolute atomic E-state index is 13.6. The van der Waals surface area contributed by atoms with Crippen molar-refractivity contribution in [2.45, 2.75) is 32.6 Å². The largest absolute Gasteiger partial charge is 0.356 e. The highest BCUT2D eigenvalue weighted by Gasteiger charge is 2.17. The zero-order valence-corrected chi connectivity index (χ0v) is 15.3. The van der Waals surface area contributed by atoms with Gasteiger partial charge in [-0.15, -0.1) is 0 Å². The SMILES string of the molecule is CCN1CCC(CCNC(=NC)NCCc2cc(F)ccc2F)CC1. The number of guanidine groups is 1. The third-order valence-corrected chi connectivity index (χ3v) is 4.92. The van der Waals surface area contributed by atoms with Gasteiger partial charge in [-0.1, -0.05) is 6.92 Å². The molecule has 0 aliphatic carbocycles. The molecule has 25 heavy (non-hydrogen) atoms. The molecule has 1 saturated heterocycles. The summed E-state index contributed by atoms with van der Waals surface area (Å²) in [5.41, 5.74) is 0.380. The van der Waals surface area contributed by atoms with Gasteiger partial charge in [-0.05, 0) is 75.0 Å². The number of aliphatic imine (C=N–C) groups is 1. The van der Waals surface area contributed by atoms with Gasteiger partial charge in [0.25, 0.3) is 0 Å². The van der Waals surface area contributed by atoms with Crippen molar-refractivity contribution in [1.29, 1.82) is 0 Å². The second-order valence-corrected chi connectivity index (χ2v) is 6.58. The Balaban J connectivity index is 1.65. The molecule has 1 aliphatic rings. The molecule has 6 heteroatoms. The summed E-state index contributed by atoms with van der Waals surface area (Å²) in [6.45, 7) is 7.15. The Bertz CT molecular complexity index is 554. The molecule has 4 nitrogen and oxygen atoms in total. The molecule has 1 aliphatic heterocycles. The third-order valence-electron chi connectivity index (χ3n) is 4.92. The molecule has 0 saturated carbocycles. The number of benzene rings is 1. The molecule has 140 valence electrons. The number of halogens is 2. The molecular weight excluding hydrogens is 322 g/mol. The number of hydrogen-bond donors (Lipinski definition) is 2. The van der Waals surface area contributed by atoms with Crippen LogP contribution in [0.15, 0.2) is 23.2 Å². The smallest absolute Gasteiger partial charge is 0.190 e. The van der Waals surface area contributed by atoms with Crippen LogP contribution in [0.4, 0.5) is 8.78 Å². The van der Waals surface area contributed by atoms with Crippen LogP contribution in [0.5, 0.6) is 0 Å². The second-order valence-electron chi connectivity index (χ2n) is 6.58. The van der Waals surface area contributed by atoms with Crippen LogP contribution in [0.2, 0.25) is 0 Å². The monoisotopic (exact) mass is 352 g/mol. The van der Waals surface area contributed by atoms with E-state index in [1.54, 1.807) is 7.05 Å². The van der Waals surface area contributed by atoms with Gasteiger partial charge >= 0.3 is 0 Å². The van der Waals surface area contributed by atoms with E-state index < -0.39 is 5.82 Å². The van der Waals surface area contributed by atoms with Crippen molar-refractivity contribution in [3.8, 4) is 0 Å². The lowest BCUT2D eigenvalue weighted by molar-refractivity contribution is 0.187. The Kier molecular flexibility index (Phi) is 8.12. The molecule has 0 amide bonds. The van der Waals surface area contributed by atoms with Crippen molar-refractivity contribution in [3.05, 3.63) is 35.4 Å². The maximum Gasteiger partial charge on any atom is 0.190 e. The number of nitrogens with zero attached hydrogens (tertiary/aromatic N) is 2. The average molecular weight is 352 g/mol. The van der Waals surface area contributed by atoms with Crippen molar-refractivity contribution in [3.63, 3.8) is 0 Å². The summed E-state index contributed by atoms with van der Waals surface area (Å²) in [4.78, 5) is 6.68. The predicted octanol–water partition coefficient (Wildman–Crippen LogP) is 2.79. The summed E-state index contributed by atoms with van der Waals surface area (Å²) < 4.78 is 26.8. The molecule has 0 aromatic heterocycles. The quantitative estimate of drug-likeness (QED) is 0.586. The van der Waals surface area contributed by atoms with E-state index in [2.05, 4.69) is 27.4 Å². The van der Waals surface area contributed by atoms with Crippen molar-refractivity contribution >= 4 is 5.96 Å². The minimum absolute atomic E-state index is 0.371. The normalized spacial score (nSPS) is 16.9. The van der Waals surface area contributed by atoms with Gasteiger partial charge in [0.2, 0.25) is 0 Å². The van der Waals surface area contributed by atoms with Gasteiger partial charge in [0, 0.05) is 20.1 Å². The predicted molar refractivity (Wildman–Crippen MR) is 98.9 cm³/mol. The number of likely N-dealkylation sites (tertiary alicyclic amines) is 1. The van der Waals surface area contributed by atoms with E-state index in [9.17, 15) is 8.78 Å². The molecule has 1 fully saturated rings. The van der Waals surface area contributed by atoms with E-state index in [0.29, 0.717) is 24.5 Å². The Hall–Kier alpha value is -1.69. The third kappa shape index (κ3) is 6.61. The molecule has 1 aromatic carbocycles. The highest BCUT2D eigenvalue weighted by atomic mass is 19.1. The fraction of sp³-hybridized carbons (Fsp3) is 0.632. The molecule has 0 bridgehead atoms. The fourth-order valence-corrected chi connectivity index (χ4v) is 3.26. The van der Waals surface area contributed by atoms with Crippen LogP contribution >= 0.6 is 0 Å². The summed E-state index contributed by atoms with van der Waals surface area (Å²) in [5, 5.41) is 6.47. The average Bonchev–Trinajstić information content (AvgIpc) is 2.63. The molecule has 0 spiro atoms. The van der Waals surface area contributed by atoms with Gasteiger partial charge < -0.3 is 15.5 Å². The number of nitrogens with one attached hydrogen (secondary N) is 2. The Morgan fingerprint density at radius 2 is 1.92 bits per heavy atom. The lowest BCUT2D eigenvalue weighted by atomic mass is 9.93. The first-order chi connectivity index (χ1) is 12.1. The summed E-state index contributed by atoms with van der Waals surface area (Å²) in [7, 11) is 1.72.